The van der Waals surface area contributed by atoms with Gasteiger partial charge in [0, 0.05) is 12.6 Å². The van der Waals surface area contributed by atoms with E-state index in [9.17, 15) is 22.4 Å². The van der Waals surface area contributed by atoms with Gasteiger partial charge in [0.1, 0.15) is 5.82 Å². The third kappa shape index (κ3) is 6.31. The van der Waals surface area contributed by atoms with Crippen LogP contribution >= 0.6 is 0 Å². The van der Waals surface area contributed by atoms with Gasteiger partial charge >= 0.3 is 12.3 Å². The Kier molecular flexibility index (Phi) is 7.57. The van der Waals surface area contributed by atoms with Crippen molar-refractivity contribution in [2.24, 2.45) is 5.73 Å². The van der Waals surface area contributed by atoms with Gasteiger partial charge in [-0.15, -0.1) is 0 Å². The molecule has 0 spiro atoms. The molecule has 2 atom stereocenters. The number of ether oxygens (including phenoxy) is 2. The van der Waals surface area contributed by atoms with Gasteiger partial charge in [-0.1, -0.05) is 12.1 Å². The fourth-order valence-corrected chi connectivity index (χ4v) is 4.31. The molecule has 1 amide bonds. The molecule has 0 radical (unpaired) electrons. The Morgan fingerprint density at radius 2 is 1.90 bits per heavy atom. The van der Waals surface area contributed by atoms with Crippen molar-refractivity contribution in [1.29, 1.82) is 0 Å². The molecule has 30 heavy (non-hydrogen) atoms. The molecule has 1 saturated heterocycles. The van der Waals surface area contributed by atoms with Crippen molar-refractivity contribution in [2.45, 2.75) is 68.8 Å². The number of nitrogens with zero attached hydrogens (tertiary/aromatic N) is 1. The lowest BCUT2D eigenvalue weighted by Gasteiger charge is -2.40. The molecular weight excluding hydrogens is 404 g/mol. The highest BCUT2D eigenvalue weighted by atomic mass is 19.4. The maximum absolute atomic E-state index is 13.4. The number of hydrogen-bond donors (Lipinski definition) is 1. The van der Waals surface area contributed by atoms with Crippen molar-refractivity contribution < 1.29 is 31.8 Å². The zero-order valence-electron chi connectivity index (χ0n) is 16.7. The standard InChI is InChI=1S/C21H28F4N2O3/c22-16-4-1-3-15(11-16)14-6-8-17(9-7-14)29-12-19-18(26)5-2-10-27(19)20(28)30-13-21(23,24)25/h1,3-4,11,14,17-19H,2,5-10,12-13,26H2/t14?,17?,18?,19-/m0/s1. The fraction of sp³-hybridized carbons (Fsp3) is 0.667. The smallest absolute Gasteiger partial charge is 0.422 e. The Bertz CT molecular complexity index is 708. The summed E-state index contributed by atoms with van der Waals surface area (Å²) in [6.07, 6.45) is -1.00. The molecule has 2 aliphatic rings. The van der Waals surface area contributed by atoms with Crippen LogP contribution in [-0.2, 0) is 9.47 Å². The van der Waals surface area contributed by atoms with Crippen LogP contribution in [0.3, 0.4) is 0 Å². The molecule has 1 aromatic carbocycles. The van der Waals surface area contributed by atoms with E-state index < -0.39 is 24.9 Å². The van der Waals surface area contributed by atoms with E-state index in [1.807, 2.05) is 6.07 Å². The molecule has 9 heteroatoms. The molecule has 2 fully saturated rings. The Morgan fingerprint density at radius 3 is 2.57 bits per heavy atom. The van der Waals surface area contributed by atoms with Crippen LogP contribution in [0.4, 0.5) is 22.4 Å². The quantitative estimate of drug-likeness (QED) is 0.703. The molecule has 5 nitrogen and oxygen atoms in total. The molecule has 2 N–H and O–H groups in total. The molecule has 3 rings (SSSR count). The fourth-order valence-electron chi connectivity index (χ4n) is 4.31. The summed E-state index contributed by atoms with van der Waals surface area (Å²) in [4.78, 5) is 13.4. The van der Waals surface area contributed by atoms with Gasteiger partial charge in [0.2, 0.25) is 0 Å². The molecule has 1 aromatic rings. The summed E-state index contributed by atoms with van der Waals surface area (Å²) in [5.74, 6) is 0.0426. The zero-order chi connectivity index (χ0) is 21.7. The summed E-state index contributed by atoms with van der Waals surface area (Å²) in [5, 5.41) is 0. The first-order chi connectivity index (χ1) is 14.2. The van der Waals surface area contributed by atoms with Gasteiger partial charge in [0.15, 0.2) is 6.61 Å². The second kappa shape index (κ2) is 9.96. The number of halogens is 4. The van der Waals surface area contributed by atoms with Crippen molar-refractivity contribution >= 4 is 6.09 Å². The molecule has 1 aliphatic carbocycles. The minimum Gasteiger partial charge on any atom is -0.440 e. The molecule has 0 bridgehead atoms. The number of nitrogens with two attached hydrogens (primary N) is 1. The van der Waals surface area contributed by atoms with Crippen molar-refractivity contribution in [1.82, 2.24) is 4.90 Å². The van der Waals surface area contributed by atoms with E-state index in [4.69, 9.17) is 10.5 Å². The summed E-state index contributed by atoms with van der Waals surface area (Å²) >= 11 is 0. The summed E-state index contributed by atoms with van der Waals surface area (Å²) in [6.45, 7) is -1.16. The lowest BCUT2D eigenvalue weighted by molar-refractivity contribution is -0.163. The van der Waals surface area contributed by atoms with Gasteiger partial charge < -0.3 is 20.1 Å². The van der Waals surface area contributed by atoms with Gasteiger partial charge in [-0.3, -0.25) is 0 Å². The summed E-state index contributed by atoms with van der Waals surface area (Å²) < 4.78 is 60.9. The van der Waals surface area contributed by atoms with Crippen LogP contribution in [0.15, 0.2) is 24.3 Å². The van der Waals surface area contributed by atoms with E-state index >= 15 is 0 Å². The number of piperidine rings is 1. The molecule has 1 heterocycles. The number of alkyl halides is 3. The largest absolute Gasteiger partial charge is 0.440 e. The van der Waals surface area contributed by atoms with Crippen LogP contribution in [0, 0.1) is 5.82 Å². The van der Waals surface area contributed by atoms with Crippen LogP contribution in [0.2, 0.25) is 0 Å². The first-order valence-electron chi connectivity index (χ1n) is 10.4. The maximum atomic E-state index is 13.4. The second-order valence-electron chi connectivity index (χ2n) is 8.10. The van der Waals surface area contributed by atoms with Crippen molar-refractivity contribution in [2.75, 3.05) is 19.8 Å². The minimum atomic E-state index is -4.57. The Balaban J connectivity index is 1.50. The SMILES string of the molecule is NC1CCCN(C(=O)OCC(F)(F)F)[C@H]1COC1CCC(c2cccc(F)c2)CC1. The Labute approximate surface area is 173 Å². The highest BCUT2D eigenvalue weighted by Gasteiger charge is 2.37. The number of amides is 1. The molecule has 1 saturated carbocycles. The van der Waals surface area contributed by atoms with Crippen molar-refractivity contribution in [3.8, 4) is 0 Å². The van der Waals surface area contributed by atoms with Crippen molar-refractivity contribution in [3.05, 3.63) is 35.6 Å². The van der Waals surface area contributed by atoms with Gasteiger partial charge in [-0.05, 0) is 62.1 Å². The average Bonchev–Trinajstić information content (AvgIpc) is 2.71. The van der Waals surface area contributed by atoms with E-state index in [0.29, 0.717) is 19.4 Å². The number of rotatable bonds is 5. The van der Waals surface area contributed by atoms with Crippen LogP contribution in [0.1, 0.15) is 50.0 Å². The number of carbonyl (C=O) groups excluding carboxylic acids is 1. The van der Waals surface area contributed by atoms with Gasteiger partial charge in [-0.25, -0.2) is 9.18 Å². The average molecular weight is 432 g/mol. The lowest BCUT2D eigenvalue weighted by atomic mass is 9.82. The lowest BCUT2D eigenvalue weighted by Crippen LogP contribution is -2.57. The topological polar surface area (TPSA) is 64.8 Å². The predicted octanol–water partition coefficient (Wildman–Crippen LogP) is 4.36. The van der Waals surface area contributed by atoms with Gasteiger partial charge in [0.25, 0.3) is 0 Å². The molecular formula is C21H28F4N2O3. The zero-order valence-corrected chi connectivity index (χ0v) is 16.7. The highest BCUT2D eigenvalue weighted by molar-refractivity contribution is 5.68. The third-order valence-electron chi connectivity index (χ3n) is 5.92. The van der Waals surface area contributed by atoms with Crippen LogP contribution in [0.5, 0.6) is 0 Å². The molecule has 168 valence electrons. The van der Waals surface area contributed by atoms with Crippen molar-refractivity contribution in [3.63, 3.8) is 0 Å². The van der Waals surface area contributed by atoms with E-state index in [1.54, 1.807) is 12.1 Å². The van der Waals surface area contributed by atoms with Gasteiger partial charge in [0.05, 0.1) is 18.8 Å². The molecule has 1 aliphatic heterocycles. The number of benzene rings is 1. The van der Waals surface area contributed by atoms with Gasteiger partial charge in [-0.2, -0.15) is 13.2 Å². The monoisotopic (exact) mass is 432 g/mol. The number of carbonyl (C=O) groups is 1. The number of likely N-dealkylation sites (tertiary alicyclic amines) is 1. The van der Waals surface area contributed by atoms with Crippen LogP contribution in [0.25, 0.3) is 0 Å². The van der Waals surface area contributed by atoms with Crippen LogP contribution in [-0.4, -0.2) is 55.1 Å². The summed E-state index contributed by atoms with van der Waals surface area (Å²) in [6, 6.07) is 5.75. The maximum Gasteiger partial charge on any atom is 0.422 e. The number of hydrogen-bond acceptors (Lipinski definition) is 4. The second-order valence-corrected chi connectivity index (χ2v) is 8.10. The highest BCUT2D eigenvalue weighted by Crippen LogP contribution is 2.34. The third-order valence-corrected chi connectivity index (χ3v) is 5.92. The normalized spacial score (nSPS) is 27.7. The van der Waals surface area contributed by atoms with E-state index in [1.165, 1.54) is 11.0 Å². The predicted molar refractivity (Wildman–Crippen MR) is 102 cm³/mol. The summed E-state index contributed by atoms with van der Waals surface area (Å²) in [5.41, 5.74) is 7.12. The molecule has 1 unspecified atom stereocenters. The Hall–Kier alpha value is -1.87. The molecule has 0 aromatic heterocycles. The van der Waals surface area contributed by atoms with E-state index in [-0.39, 0.29) is 30.5 Å². The summed E-state index contributed by atoms with van der Waals surface area (Å²) in [7, 11) is 0. The van der Waals surface area contributed by atoms with E-state index in [0.717, 1.165) is 31.2 Å². The first kappa shape index (κ1) is 22.8. The first-order valence-corrected chi connectivity index (χ1v) is 10.4. The minimum absolute atomic E-state index is 0.0167. The van der Waals surface area contributed by atoms with E-state index in [2.05, 4.69) is 4.74 Å². The Morgan fingerprint density at radius 1 is 1.17 bits per heavy atom. The van der Waals surface area contributed by atoms with Crippen LogP contribution < -0.4 is 5.73 Å².